The number of pyridine rings is 1. The second-order valence-electron chi connectivity index (χ2n) is 4.04. The Hall–Kier alpha value is -1.73. The molecule has 0 spiro atoms. The lowest BCUT2D eigenvalue weighted by molar-refractivity contribution is 0.0572. The van der Waals surface area contributed by atoms with Gasteiger partial charge in [0, 0.05) is 13.1 Å². The Kier molecular flexibility index (Phi) is 2.95. The van der Waals surface area contributed by atoms with Crippen LogP contribution < -0.4 is 21.1 Å². The van der Waals surface area contributed by atoms with Crippen LogP contribution in [-0.4, -0.2) is 47.6 Å². The molecule has 7 heteroatoms. The van der Waals surface area contributed by atoms with Crippen LogP contribution >= 0.6 is 0 Å². The molecular weight excluding hydrogens is 224 g/mol. The molecular formula is C10H16N4O3. The monoisotopic (exact) mass is 240 g/mol. The molecule has 2 heterocycles. The second kappa shape index (κ2) is 4.27. The highest BCUT2D eigenvalue weighted by atomic mass is 16.5. The van der Waals surface area contributed by atoms with Gasteiger partial charge in [0.15, 0.2) is 5.82 Å². The molecule has 2 rings (SSSR count). The zero-order valence-corrected chi connectivity index (χ0v) is 9.50. The van der Waals surface area contributed by atoms with Crippen LogP contribution in [0.4, 0.5) is 17.2 Å². The zero-order chi connectivity index (χ0) is 12.6. The lowest BCUT2D eigenvalue weighted by Crippen LogP contribution is -2.23. The van der Waals surface area contributed by atoms with Crippen LogP contribution in [0.1, 0.15) is 0 Å². The average Bonchev–Trinajstić information content (AvgIpc) is 2.59. The van der Waals surface area contributed by atoms with E-state index in [0.29, 0.717) is 17.2 Å². The van der Waals surface area contributed by atoms with Crippen molar-refractivity contribution in [3.05, 3.63) is 6.07 Å². The molecule has 1 aliphatic rings. The zero-order valence-electron chi connectivity index (χ0n) is 9.50. The largest absolute Gasteiger partial charge is 0.479 e. The first-order chi connectivity index (χ1) is 8.02. The highest BCUT2D eigenvalue weighted by molar-refractivity contribution is 5.71. The Bertz CT molecular complexity index is 416. The minimum atomic E-state index is -0.792. The number of methoxy groups -OCH3 is 1. The Balaban J connectivity index is 2.33. The van der Waals surface area contributed by atoms with Gasteiger partial charge in [-0.05, 0) is 6.07 Å². The van der Waals surface area contributed by atoms with E-state index < -0.39 is 12.2 Å². The fourth-order valence-corrected chi connectivity index (χ4v) is 1.88. The number of ether oxygens (including phenoxy) is 1. The number of hydrogen-bond donors (Lipinski definition) is 4. The summed E-state index contributed by atoms with van der Waals surface area (Å²) in [4.78, 5) is 5.87. The summed E-state index contributed by atoms with van der Waals surface area (Å²) in [6, 6.07) is 1.55. The van der Waals surface area contributed by atoms with E-state index in [0.717, 1.165) is 0 Å². The van der Waals surface area contributed by atoms with Crippen LogP contribution in [-0.2, 0) is 0 Å². The Labute approximate surface area is 98.6 Å². The third kappa shape index (κ3) is 2.06. The van der Waals surface area contributed by atoms with E-state index in [1.54, 1.807) is 11.0 Å². The van der Waals surface area contributed by atoms with Crippen molar-refractivity contribution >= 4 is 17.2 Å². The average molecular weight is 240 g/mol. The number of aliphatic hydroxyl groups excluding tert-OH is 2. The second-order valence-corrected chi connectivity index (χ2v) is 4.04. The van der Waals surface area contributed by atoms with Gasteiger partial charge in [0.05, 0.1) is 30.7 Å². The van der Waals surface area contributed by atoms with E-state index in [9.17, 15) is 10.2 Å². The smallest absolute Gasteiger partial charge is 0.239 e. The first-order valence-electron chi connectivity index (χ1n) is 5.24. The van der Waals surface area contributed by atoms with E-state index in [4.69, 9.17) is 16.2 Å². The van der Waals surface area contributed by atoms with Crippen molar-refractivity contribution in [2.24, 2.45) is 0 Å². The fourth-order valence-electron chi connectivity index (χ4n) is 1.88. The number of aliphatic hydroxyl groups is 2. The minimum Gasteiger partial charge on any atom is -0.479 e. The first kappa shape index (κ1) is 11.7. The van der Waals surface area contributed by atoms with Gasteiger partial charge in [-0.25, -0.2) is 0 Å². The molecule has 1 saturated heterocycles. The predicted molar refractivity (Wildman–Crippen MR) is 63.8 cm³/mol. The lowest BCUT2D eigenvalue weighted by atomic mass is 10.3. The van der Waals surface area contributed by atoms with Crippen molar-refractivity contribution in [3.63, 3.8) is 0 Å². The van der Waals surface area contributed by atoms with E-state index >= 15 is 0 Å². The van der Waals surface area contributed by atoms with E-state index in [2.05, 4.69) is 4.98 Å². The fraction of sp³-hybridized carbons (Fsp3) is 0.500. The van der Waals surface area contributed by atoms with Gasteiger partial charge in [-0.15, -0.1) is 0 Å². The lowest BCUT2D eigenvalue weighted by Gasteiger charge is -2.19. The van der Waals surface area contributed by atoms with Crippen molar-refractivity contribution in [2.75, 3.05) is 36.6 Å². The van der Waals surface area contributed by atoms with Crippen molar-refractivity contribution in [1.29, 1.82) is 0 Å². The third-order valence-electron chi connectivity index (χ3n) is 2.78. The standard InChI is InChI=1S/C10H16N4O3/c1-17-10-6(12)2-5(11)9(13-10)14-3-7(15)8(16)4-14/h2,7-8,15-16H,3-4,11-12H2,1H3. The van der Waals surface area contributed by atoms with Crippen LogP contribution in [0.2, 0.25) is 0 Å². The van der Waals surface area contributed by atoms with Crippen LogP contribution in [0.15, 0.2) is 6.07 Å². The Morgan fingerprint density at radius 1 is 1.29 bits per heavy atom. The quantitative estimate of drug-likeness (QED) is 0.512. The van der Waals surface area contributed by atoms with Gasteiger partial charge in [-0.2, -0.15) is 4.98 Å². The number of rotatable bonds is 2. The molecule has 1 aromatic heterocycles. The summed E-state index contributed by atoms with van der Waals surface area (Å²) in [5, 5.41) is 19.0. The molecule has 2 unspecified atom stereocenters. The molecule has 7 nitrogen and oxygen atoms in total. The van der Waals surface area contributed by atoms with Gasteiger partial charge in [0.1, 0.15) is 0 Å². The number of hydrogen-bond acceptors (Lipinski definition) is 7. The topological polar surface area (TPSA) is 118 Å². The van der Waals surface area contributed by atoms with Crippen molar-refractivity contribution in [3.8, 4) is 5.88 Å². The summed E-state index contributed by atoms with van der Waals surface area (Å²) in [5.74, 6) is 0.747. The minimum absolute atomic E-state index is 0.282. The van der Waals surface area contributed by atoms with Crippen LogP contribution in [0.5, 0.6) is 5.88 Å². The maximum Gasteiger partial charge on any atom is 0.239 e. The molecule has 0 amide bonds. The highest BCUT2D eigenvalue weighted by Gasteiger charge is 2.31. The predicted octanol–water partition coefficient (Wildman–Crippen LogP) is -1.20. The van der Waals surface area contributed by atoms with Gasteiger partial charge in [0.2, 0.25) is 5.88 Å². The summed E-state index contributed by atoms with van der Waals surface area (Å²) in [6.07, 6.45) is -1.58. The number of nitrogens with two attached hydrogens (primary N) is 2. The van der Waals surface area contributed by atoms with Crippen LogP contribution in [0.25, 0.3) is 0 Å². The van der Waals surface area contributed by atoms with Gasteiger partial charge in [-0.1, -0.05) is 0 Å². The summed E-state index contributed by atoms with van der Waals surface area (Å²) in [7, 11) is 1.46. The van der Waals surface area contributed by atoms with Gasteiger partial charge in [-0.3, -0.25) is 0 Å². The molecule has 1 fully saturated rings. The summed E-state index contributed by atoms with van der Waals surface area (Å²) in [5.41, 5.74) is 12.2. The molecule has 6 N–H and O–H groups in total. The summed E-state index contributed by atoms with van der Waals surface area (Å²) < 4.78 is 5.01. The van der Waals surface area contributed by atoms with E-state index in [-0.39, 0.29) is 19.0 Å². The van der Waals surface area contributed by atoms with Crippen LogP contribution in [0.3, 0.4) is 0 Å². The highest BCUT2D eigenvalue weighted by Crippen LogP contribution is 2.31. The molecule has 0 aliphatic carbocycles. The molecule has 0 saturated carbocycles. The number of β-amino-alcohol motifs (C(OH)–C–C–N with tert-alkyl or cyclic N) is 2. The maximum absolute atomic E-state index is 9.49. The molecule has 17 heavy (non-hydrogen) atoms. The first-order valence-corrected chi connectivity index (χ1v) is 5.24. The van der Waals surface area contributed by atoms with E-state index in [1.807, 2.05) is 0 Å². The normalized spacial score (nSPS) is 24.1. The van der Waals surface area contributed by atoms with Gasteiger partial charge in [0.25, 0.3) is 0 Å². The number of nitrogens with zero attached hydrogens (tertiary/aromatic N) is 2. The van der Waals surface area contributed by atoms with Gasteiger partial charge >= 0.3 is 0 Å². The molecule has 94 valence electrons. The van der Waals surface area contributed by atoms with Gasteiger partial charge < -0.3 is 31.3 Å². The molecule has 1 aliphatic heterocycles. The Morgan fingerprint density at radius 2 is 1.88 bits per heavy atom. The summed E-state index contributed by atoms with van der Waals surface area (Å²) >= 11 is 0. The van der Waals surface area contributed by atoms with Crippen molar-refractivity contribution < 1.29 is 14.9 Å². The van der Waals surface area contributed by atoms with Crippen LogP contribution in [0, 0.1) is 0 Å². The number of nitrogen functional groups attached to an aromatic ring is 2. The Morgan fingerprint density at radius 3 is 2.41 bits per heavy atom. The van der Waals surface area contributed by atoms with Crippen molar-refractivity contribution in [1.82, 2.24) is 4.98 Å². The molecule has 0 bridgehead atoms. The molecule has 0 radical (unpaired) electrons. The number of anilines is 3. The maximum atomic E-state index is 9.49. The van der Waals surface area contributed by atoms with E-state index in [1.165, 1.54) is 7.11 Å². The SMILES string of the molecule is COc1nc(N2CC(O)C(O)C2)c(N)cc1N. The molecule has 2 atom stereocenters. The number of aromatic nitrogens is 1. The molecule has 0 aromatic carbocycles. The third-order valence-corrected chi connectivity index (χ3v) is 2.78. The molecule has 1 aromatic rings. The summed E-state index contributed by atoms with van der Waals surface area (Å²) in [6.45, 7) is 0.566. The van der Waals surface area contributed by atoms with Crippen molar-refractivity contribution in [2.45, 2.75) is 12.2 Å².